The second-order valence-electron chi connectivity index (χ2n) is 18.5. The molecule has 10 aromatic carbocycles. The van der Waals surface area contributed by atoms with Crippen LogP contribution in [-0.2, 0) is 0 Å². The smallest absolute Gasteiger partial charge is 0.166 e. The molecule has 342 valence electrons. The molecule has 5 heterocycles. The molecule has 9 heteroatoms. The van der Waals surface area contributed by atoms with E-state index in [0.29, 0.717) is 34.2 Å². The third kappa shape index (κ3) is 6.11. The Labute approximate surface area is 421 Å². The van der Waals surface area contributed by atoms with E-state index in [1.54, 1.807) is 0 Å². The van der Waals surface area contributed by atoms with Gasteiger partial charge < -0.3 is 18.0 Å². The average molecular weight is 946 g/mol. The first-order valence-electron chi connectivity index (χ1n) is 24.3. The number of rotatable bonds is 6. The Balaban J connectivity index is 1.03. The lowest BCUT2D eigenvalue weighted by molar-refractivity contribution is 0.672. The number of hydrogen-bond acceptors (Lipinski definition) is 7. The van der Waals surface area contributed by atoms with Gasteiger partial charge in [-0.3, -0.25) is 0 Å². The predicted molar refractivity (Wildman–Crippen MR) is 294 cm³/mol. The van der Waals surface area contributed by atoms with Crippen molar-refractivity contribution in [1.29, 1.82) is 10.5 Å². The van der Waals surface area contributed by atoms with Gasteiger partial charge in [0.15, 0.2) is 17.5 Å². The highest BCUT2D eigenvalue weighted by molar-refractivity contribution is 6.25. The average Bonchev–Trinajstić information content (AvgIpc) is 4.27. The van der Waals surface area contributed by atoms with Gasteiger partial charge in [0.2, 0.25) is 0 Å². The van der Waals surface area contributed by atoms with Crippen LogP contribution in [0.2, 0.25) is 0 Å². The molecule has 0 atom stereocenters. The molecular weight excluding hydrogens is 911 g/mol. The number of nitriles is 2. The summed E-state index contributed by atoms with van der Waals surface area (Å²) in [5.41, 5.74) is 13.6. The van der Waals surface area contributed by atoms with Crippen molar-refractivity contribution >= 4 is 87.5 Å². The second-order valence-corrected chi connectivity index (χ2v) is 18.5. The first-order chi connectivity index (χ1) is 36.6. The fourth-order valence-electron chi connectivity index (χ4n) is 11.2. The fourth-order valence-corrected chi connectivity index (χ4v) is 11.2. The molecule has 15 aromatic rings. The van der Waals surface area contributed by atoms with E-state index in [-0.39, 0.29) is 0 Å². The number of furan rings is 2. The van der Waals surface area contributed by atoms with Gasteiger partial charge in [0.05, 0.1) is 67.5 Å². The minimum Gasteiger partial charge on any atom is -0.455 e. The Morgan fingerprint density at radius 2 is 0.851 bits per heavy atom. The molecule has 0 amide bonds. The summed E-state index contributed by atoms with van der Waals surface area (Å²) in [4.78, 5) is 16.2. The standard InChI is InChI=1S/C65H35N7O2/c66-36-38-13-12-16-41(33-38)42-26-30-53(71-51-21-8-4-19-47(51)59-54(71)31-28-45-43-17-6-10-23-57(43)73-61(45)59)50(35-42)65-69-63(40-14-2-1-3-15-40)68-64(70-65)49-27-25-39(37-67)34-56(49)72-52-22-9-5-20-48(52)60-55(72)32-29-46-44-18-7-11-24-58(44)74-62(46)60/h1-35H. The van der Waals surface area contributed by atoms with E-state index in [1.807, 2.05) is 121 Å². The molecule has 5 aromatic heterocycles. The van der Waals surface area contributed by atoms with E-state index in [4.69, 9.17) is 23.8 Å². The van der Waals surface area contributed by atoms with Crippen molar-refractivity contribution in [2.75, 3.05) is 0 Å². The first-order valence-corrected chi connectivity index (χ1v) is 24.3. The van der Waals surface area contributed by atoms with Gasteiger partial charge in [-0.2, -0.15) is 10.5 Å². The normalized spacial score (nSPS) is 11.8. The van der Waals surface area contributed by atoms with Crippen LogP contribution in [0.4, 0.5) is 0 Å². The number of aromatic nitrogens is 5. The maximum absolute atomic E-state index is 10.5. The fraction of sp³-hybridized carbons (Fsp3) is 0. The molecule has 0 spiro atoms. The van der Waals surface area contributed by atoms with Crippen molar-refractivity contribution in [2.45, 2.75) is 0 Å². The maximum Gasteiger partial charge on any atom is 0.166 e. The lowest BCUT2D eigenvalue weighted by Crippen LogP contribution is -2.06. The van der Waals surface area contributed by atoms with Gasteiger partial charge in [-0.25, -0.2) is 15.0 Å². The highest BCUT2D eigenvalue weighted by Crippen LogP contribution is 2.45. The summed E-state index contributed by atoms with van der Waals surface area (Å²) < 4.78 is 17.9. The largest absolute Gasteiger partial charge is 0.455 e. The molecule has 0 aliphatic carbocycles. The van der Waals surface area contributed by atoms with Crippen LogP contribution in [0.25, 0.3) is 144 Å². The molecule has 0 radical (unpaired) electrons. The zero-order chi connectivity index (χ0) is 49.0. The van der Waals surface area contributed by atoms with E-state index < -0.39 is 0 Å². The van der Waals surface area contributed by atoms with Gasteiger partial charge in [0, 0.05) is 49.0 Å². The summed E-state index contributed by atoms with van der Waals surface area (Å²) in [5.74, 6) is 1.32. The van der Waals surface area contributed by atoms with Crippen molar-refractivity contribution in [3.05, 3.63) is 223 Å². The molecule has 0 unspecified atom stereocenters. The van der Waals surface area contributed by atoms with Crippen molar-refractivity contribution < 1.29 is 8.83 Å². The minimum absolute atomic E-state index is 0.415. The molecule has 0 N–H and O–H groups in total. The number of benzene rings is 10. The van der Waals surface area contributed by atoms with Gasteiger partial charge in [-0.05, 0) is 102 Å². The zero-order valence-electron chi connectivity index (χ0n) is 39.2. The van der Waals surface area contributed by atoms with Gasteiger partial charge in [-0.1, -0.05) is 121 Å². The Bertz CT molecular complexity index is 4950. The Morgan fingerprint density at radius 3 is 1.49 bits per heavy atom. The molecule has 0 fully saturated rings. The summed E-state index contributed by atoms with van der Waals surface area (Å²) >= 11 is 0. The zero-order valence-corrected chi connectivity index (χ0v) is 39.2. The molecule has 0 bridgehead atoms. The minimum atomic E-state index is 0.415. The number of para-hydroxylation sites is 4. The van der Waals surface area contributed by atoms with E-state index in [1.165, 1.54) is 0 Å². The van der Waals surface area contributed by atoms with E-state index >= 15 is 0 Å². The van der Waals surface area contributed by atoms with Crippen LogP contribution >= 0.6 is 0 Å². The quantitative estimate of drug-likeness (QED) is 0.163. The Morgan fingerprint density at radius 1 is 0.338 bits per heavy atom. The van der Waals surface area contributed by atoms with Crippen molar-refractivity contribution in [1.82, 2.24) is 24.1 Å². The first kappa shape index (κ1) is 41.2. The van der Waals surface area contributed by atoms with E-state index in [0.717, 1.165) is 121 Å². The van der Waals surface area contributed by atoms with Gasteiger partial charge in [0.25, 0.3) is 0 Å². The summed E-state index contributed by atoms with van der Waals surface area (Å²) in [6.07, 6.45) is 0. The second kappa shape index (κ2) is 16.0. The monoisotopic (exact) mass is 945 g/mol. The van der Waals surface area contributed by atoms with Crippen LogP contribution < -0.4 is 0 Å². The Hall–Kier alpha value is -10.6. The molecular formula is C65H35N7O2. The summed E-state index contributed by atoms with van der Waals surface area (Å²) in [6, 6.07) is 75.9. The van der Waals surface area contributed by atoms with Gasteiger partial charge >= 0.3 is 0 Å². The Kier molecular flexibility index (Phi) is 8.88. The van der Waals surface area contributed by atoms with Gasteiger partial charge in [-0.15, -0.1) is 0 Å². The highest BCUT2D eigenvalue weighted by atomic mass is 16.3. The lowest BCUT2D eigenvalue weighted by Gasteiger charge is -2.17. The molecule has 0 aliphatic rings. The van der Waals surface area contributed by atoms with E-state index in [9.17, 15) is 10.5 Å². The number of hydrogen-bond donors (Lipinski definition) is 0. The third-order valence-electron chi connectivity index (χ3n) is 14.4. The predicted octanol–water partition coefficient (Wildman–Crippen LogP) is 16.3. The topological polar surface area (TPSA) is 122 Å². The number of nitrogens with zero attached hydrogens (tertiary/aromatic N) is 7. The van der Waals surface area contributed by atoms with Crippen molar-refractivity contribution in [2.24, 2.45) is 0 Å². The summed E-state index contributed by atoms with van der Waals surface area (Å²) in [6.45, 7) is 0. The highest BCUT2D eigenvalue weighted by Gasteiger charge is 2.26. The van der Waals surface area contributed by atoms with Gasteiger partial charge in [0.1, 0.15) is 22.3 Å². The van der Waals surface area contributed by atoms with Crippen LogP contribution in [0.5, 0.6) is 0 Å². The molecule has 0 saturated carbocycles. The molecule has 0 aliphatic heterocycles. The number of fused-ring (bicyclic) bond motifs is 14. The lowest BCUT2D eigenvalue weighted by atomic mass is 9.99. The van der Waals surface area contributed by atoms with Crippen LogP contribution in [0.3, 0.4) is 0 Å². The van der Waals surface area contributed by atoms with E-state index in [2.05, 4.69) is 112 Å². The third-order valence-corrected chi connectivity index (χ3v) is 14.4. The van der Waals surface area contributed by atoms with Crippen LogP contribution in [-0.4, -0.2) is 24.1 Å². The van der Waals surface area contributed by atoms with Crippen molar-refractivity contribution in [3.63, 3.8) is 0 Å². The molecule has 0 saturated heterocycles. The summed E-state index contributed by atoms with van der Waals surface area (Å²) in [5, 5.41) is 28.7. The summed E-state index contributed by atoms with van der Waals surface area (Å²) in [7, 11) is 0. The SMILES string of the molecule is N#Cc1cccc(-c2ccc(-n3c4ccccc4c4c5oc6ccccc6c5ccc43)c(-c3nc(-c4ccccc4)nc(-c4ccc(C#N)cc4-n4c5ccccc5c5c6oc7ccccc7c6ccc54)n3)c2)c1. The van der Waals surface area contributed by atoms with Crippen LogP contribution in [0.1, 0.15) is 11.1 Å². The molecule has 15 rings (SSSR count). The molecule has 9 nitrogen and oxygen atoms in total. The molecule has 74 heavy (non-hydrogen) atoms. The van der Waals surface area contributed by atoms with Crippen LogP contribution in [0, 0.1) is 22.7 Å². The van der Waals surface area contributed by atoms with Crippen LogP contribution in [0.15, 0.2) is 221 Å². The van der Waals surface area contributed by atoms with Crippen molar-refractivity contribution in [3.8, 4) is 68.8 Å². The maximum atomic E-state index is 10.5.